The van der Waals surface area contributed by atoms with Crippen molar-refractivity contribution < 1.29 is 16.8 Å². The number of aromatic nitrogens is 1. The predicted molar refractivity (Wildman–Crippen MR) is 115 cm³/mol. The fraction of sp³-hybridized carbons (Fsp3) is 0.316. The Balaban J connectivity index is 1.55. The quantitative estimate of drug-likeness (QED) is 0.606. The van der Waals surface area contributed by atoms with E-state index in [0.29, 0.717) is 41.7 Å². The van der Waals surface area contributed by atoms with Crippen molar-refractivity contribution in [1.82, 2.24) is 9.29 Å². The lowest BCUT2D eigenvalue weighted by Crippen LogP contribution is -2.48. The minimum Gasteiger partial charge on any atom is -0.345 e. The molecule has 4 rings (SSSR count). The van der Waals surface area contributed by atoms with E-state index in [2.05, 4.69) is 4.98 Å². The molecule has 0 spiro atoms. The Morgan fingerprint density at radius 1 is 0.931 bits per heavy atom. The molecule has 0 aliphatic carbocycles. The molecule has 0 amide bonds. The van der Waals surface area contributed by atoms with E-state index in [4.69, 9.17) is 0 Å². The van der Waals surface area contributed by atoms with Crippen LogP contribution in [0.2, 0.25) is 0 Å². The molecule has 0 saturated carbocycles. The van der Waals surface area contributed by atoms with E-state index >= 15 is 0 Å². The molecule has 1 saturated heterocycles. The highest BCUT2D eigenvalue weighted by atomic mass is 32.2. The van der Waals surface area contributed by atoms with Crippen molar-refractivity contribution in [3.8, 4) is 0 Å². The molecule has 1 aliphatic heterocycles. The molecule has 1 aliphatic rings. The Kier molecular flexibility index (Phi) is 5.14. The van der Waals surface area contributed by atoms with Crippen molar-refractivity contribution in [2.24, 2.45) is 0 Å². The van der Waals surface area contributed by atoms with Gasteiger partial charge in [0.2, 0.25) is 10.0 Å². The molecule has 154 valence electrons. The number of sulfone groups is 1. The Morgan fingerprint density at radius 2 is 1.59 bits per heavy atom. The molecule has 0 unspecified atom stereocenters. The summed E-state index contributed by atoms with van der Waals surface area (Å²) >= 11 is 1.42. The third kappa shape index (κ3) is 3.89. The molecule has 7 nitrogen and oxygen atoms in total. The molecule has 1 fully saturated rings. The lowest BCUT2D eigenvalue weighted by atomic mass is 10.2. The standard InChI is InChI=1S/C19H21N3O4S3/c1-14-6-8-15(9-7-14)29(25,26)22-12-10-21(11-13-22)19-20-18-16(27-19)4-3-5-17(18)28(2,23)24/h3-9H,10-13H2,1-2H3. The highest BCUT2D eigenvalue weighted by Gasteiger charge is 2.29. The number of piperazine rings is 1. The fourth-order valence-corrected chi connectivity index (χ4v) is 6.69. The summed E-state index contributed by atoms with van der Waals surface area (Å²) in [4.78, 5) is 7.09. The number of thiazole rings is 1. The van der Waals surface area contributed by atoms with Crippen molar-refractivity contribution in [3.05, 3.63) is 48.0 Å². The summed E-state index contributed by atoms with van der Waals surface area (Å²) in [7, 11) is -6.90. The fourth-order valence-electron chi connectivity index (χ4n) is 3.33. The number of para-hydroxylation sites is 1. The SMILES string of the molecule is Cc1ccc(S(=O)(=O)N2CCN(c3nc4c(S(C)(=O)=O)cccc4s3)CC2)cc1. The maximum Gasteiger partial charge on any atom is 0.243 e. The average Bonchev–Trinajstić information content (AvgIpc) is 3.12. The van der Waals surface area contributed by atoms with Gasteiger partial charge >= 0.3 is 0 Å². The van der Waals surface area contributed by atoms with Gasteiger partial charge in [-0.05, 0) is 31.2 Å². The van der Waals surface area contributed by atoms with Gasteiger partial charge in [0.15, 0.2) is 15.0 Å². The van der Waals surface area contributed by atoms with Crippen LogP contribution in [-0.4, -0.2) is 58.6 Å². The van der Waals surface area contributed by atoms with Crippen molar-refractivity contribution in [1.29, 1.82) is 0 Å². The van der Waals surface area contributed by atoms with E-state index in [1.54, 1.807) is 36.4 Å². The molecular weight excluding hydrogens is 430 g/mol. The molecule has 1 aromatic heterocycles. The molecule has 0 atom stereocenters. The summed E-state index contributed by atoms with van der Waals surface area (Å²) < 4.78 is 52.1. The van der Waals surface area contributed by atoms with Crippen molar-refractivity contribution in [3.63, 3.8) is 0 Å². The molecule has 2 aromatic carbocycles. The van der Waals surface area contributed by atoms with Gasteiger partial charge in [-0.25, -0.2) is 21.8 Å². The topological polar surface area (TPSA) is 87.7 Å². The zero-order chi connectivity index (χ0) is 20.8. The summed E-state index contributed by atoms with van der Waals surface area (Å²) in [6.45, 7) is 3.62. The van der Waals surface area contributed by atoms with E-state index in [0.717, 1.165) is 10.3 Å². The Labute approximate surface area is 174 Å². The summed E-state index contributed by atoms with van der Waals surface area (Å²) in [5, 5.41) is 0.712. The lowest BCUT2D eigenvalue weighted by Gasteiger charge is -2.33. The summed E-state index contributed by atoms with van der Waals surface area (Å²) in [5.41, 5.74) is 1.49. The highest BCUT2D eigenvalue weighted by Crippen LogP contribution is 2.33. The highest BCUT2D eigenvalue weighted by molar-refractivity contribution is 7.91. The van der Waals surface area contributed by atoms with Gasteiger partial charge in [-0.15, -0.1) is 0 Å². The first kappa shape index (κ1) is 20.3. The molecule has 0 N–H and O–H groups in total. The number of nitrogens with zero attached hydrogens (tertiary/aromatic N) is 3. The normalized spacial score (nSPS) is 16.4. The van der Waals surface area contributed by atoms with E-state index in [1.807, 2.05) is 17.9 Å². The van der Waals surface area contributed by atoms with Crippen LogP contribution in [0.25, 0.3) is 10.2 Å². The largest absolute Gasteiger partial charge is 0.345 e. The van der Waals surface area contributed by atoms with Crippen LogP contribution in [0, 0.1) is 6.92 Å². The smallest absolute Gasteiger partial charge is 0.243 e. The minimum atomic E-state index is -3.52. The number of benzene rings is 2. The van der Waals surface area contributed by atoms with Crippen molar-refractivity contribution in [2.75, 3.05) is 37.3 Å². The van der Waals surface area contributed by atoms with Gasteiger partial charge < -0.3 is 4.90 Å². The van der Waals surface area contributed by atoms with Crippen LogP contribution in [0.3, 0.4) is 0 Å². The van der Waals surface area contributed by atoms with Crippen LogP contribution < -0.4 is 4.90 Å². The number of fused-ring (bicyclic) bond motifs is 1. The zero-order valence-electron chi connectivity index (χ0n) is 16.1. The van der Waals surface area contributed by atoms with Gasteiger partial charge in [0.1, 0.15) is 5.52 Å². The van der Waals surface area contributed by atoms with E-state index in [-0.39, 0.29) is 4.90 Å². The second kappa shape index (κ2) is 7.35. The molecule has 0 radical (unpaired) electrons. The maximum absolute atomic E-state index is 12.9. The molecule has 10 heteroatoms. The van der Waals surface area contributed by atoms with Crippen LogP contribution in [0.4, 0.5) is 5.13 Å². The summed E-state index contributed by atoms with van der Waals surface area (Å²) in [6, 6.07) is 12.0. The molecule has 2 heterocycles. The number of aryl methyl sites for hydroxylation is 1. The Hall–Kier alpha value is -2.01. The van der Waals surface area contributed by atoms with Gasteiger partial charge in [-0.2, -0.15) is 4.31 Å². The number of hydrogen-bond donors (Lipinski definition) is 0. The zero-order valence-corrected chi connectivity index (χ0v) is 18.5. The average molecular weight is 452 g/mol. The second-order valence-electron chi connectivity index (χ2n) is 7.08. The van der Waals surface area contributed by atoms with Crippen LogP contribution in [0.5, 0.6) is 0 Å². The number of hydrogen-bond acceptors (Lipinski definition) is 7. The van der Waals surface area contributed by atoms with E-state index in [1.165, 1.54) is 21.9 Å². The number of rotatable bonds is 4. The van der Waals surface area contributed by atoms with Crippen LogP contribution >= 0.6 is 11.3 Å². The minimum absolute atomic E-state index is 0.220. The van der Waals surface area contributed by atoms with Crippen LogP contribution in [0.1, 0.15) is 5.56 Å². The third-order valence-corrected chi connectivity index (χ3v) is 9.06. The first-order valence-corrected chi connectivity index (χ1v) is 13.2. The Bertz CT molecular complexity index is 1260. The van der Waals surface area contributed by atoms with E-state index < -0.39 is 19.9 Å². The third-order valence-electron chi connectivity index (χ3n) is 4.94. The van der Waals surface area contributed by atoms with Gasteiger partial charge in [-0.1, -0.05) is 35.1 Å². The Morgan fingerprint density at radius 3 is 2.21 bits per heavy atom. The molecule has 3 aromatic rings. The molecule has 29 heavy (non-hydrogen) atoms. The predicted octanol–water partition coefficient (Wildman–Crippen LogP) is 2.52. The van der Waals surface area contributed by atoms with Crippen LogP contribution in [0.15, 0.2) is 52.3 Å². The van der Waals surface area contributed by atoms with Gasteiger partial charge in [0.25, 0.3) is 0 Å². The van der Waals surface area contributed by atoms with Crippen molar-refractivity contribution >= 4 is 46.5 Å². The lowest BCUT2D eigenvalue weighted by molar-refractivity contribution is 0.385. The first-order chi connectivity index (χ1) is 13.7. The van der Waals surface area contributed by atoms with E-state index in [9.17, 15) is 16.8 Å². The van der Waals surface area contributed by atoms with Gasteiger partial charge in [0, 0.05) is 32.4 Å². The summed E-state index contributed by atoms with van der Waals surface area (Å²) in [5.74, 6) is 0. The first-order valence-electron chi connectivity index (χ1n) is 9.08. The second-order valence-corrected chi connectivity index (χ2v) is 12.0. The molecule has 0 bridgehead atoms. The van der Waals surface area contributed by atoms with Crippen molar-refractivity contribution in [2.45, 2.75) is 16.7 Å². The monoisotopic (exact) mass is 451 g/mol. The molecular formula is C19H21N3O4S3. The van der Waals surface area contributed by atoms with Crippen LogP contribution in [-0.2, 0) is 19.9 Å². The summed E-state index contributed by atoms with van der Waals surface area (Å²) in [6.07, 6.45) is 1.18. The number of anilines is 1. The van der Waals surface area contributed by atoms with Gasteiger partial charge in [0.05, 0.1) is 14.5 Å². The maximum atomic E-state index is 12.9. The number of sulfonamides is 1. The van der Waals surface area contributed by atoms with Gasteiger partial charge in [-0.3, -0.25) is 0 Å².